The first-order valence-corrected chi connectivity index (χ1v) is 6.76. The van der Waals surface area contributed by atoms with E-state index in [0.717, 1.165) is 16.7 Å². The minimum Gasteiger partial charge on any atom is -0.389 e. The van der Waals surface area contributed by atoms with Crippen LogP contribution in [-0.2, 0) is 6.54 Å². The molecule has 1 aromatic heterocycles. The van der Waals surface area contributed by atoms with Crippen LogP contribution in [0.25, 0.3) is 11.1 Å². The lowest BCUT2D eigenvalue weighted by atomic mass is 10.1. The third-order valence-corrected chi connectivity index (χ3v) is 3.65. The van der Waals surface area contributed by atoms with Crippen LogP contribution >= 0.6 is 0 Å². The number of aromatic nitrogens is 1. The highest BCUT2D eigenvalue weighted by molar-refractivity contribution is 5.62. The summed E-state index contributed by atoms with van der Waals surface area (Å²) < 4.78 is 13.3. The fraction of sp³-hybridized carbons (Fsp3) is 0.312. The Labute approximate surface area is 117 Å². The predicted octanol–water partition coefficient (Wildman–Crippen LogP) is 2.26. The molecule has 2 heterocycles. The molecule has 1 N–H and O–H groups in total. The number of likely N-dealkylation sites (tertiary alicyclic amines) is 1. The van der Waals surface area contributed by atoms with Crippen molar-refractivity contribution in [2.75, 3.05) is 13.1 Å². The molecule has 0 bridgehead atoms. The van der Waals surface area contributed by atoms with Gasteiger partial charge in [0, 0.05) is 32.0 Å². The molecule has 1 aliphatic rings. The summed E-state index contributed by atoms with van der Waals surface area (Å²) in [5.41, 5.74) is 3.32. The molecule has 0 amide bonds. The summed E-state index contributed by atoms with van der Waals surface area (Å²) in [5, 5.41) is 9.42. The van der Waals surface area contributed by atoms with Gasteiger partial charge in [-0.05, 0) is 22.8 Å². The summed E-state index contributed by atoms with van der Waals surface area (Å²) in [5.74, 6) is 0. The maximum absolute atomic E-state index is 13.3. The van der Waals surface area contributed by atoms with E-state index < -0.39 is 12.3 Å². The van der Waals surface area contributed by atoms with Crippen LogP contribution in [0.4, 0.5) is 4.39 Å². The van der Waals surface area contributed by atoms with E-state index in [2.05, 4.69) is 4.98 Å². The van der Waals surface area contributed by atoms with Crippen LogP contribution in [0.5, 0.6) is 0 Å². The van der Waals surface area contributed by atoms with Crippen LogP contribution in [0, 0.1) is 0 Å². The van der Waals surface area contributed by atoms with Gasteiger partial charge in [-0.1, -0.05) is 30.3 Å². The molecule has 4 heteroatoms. The van der Waals surface area contributed by atoms with Crippen molar-refractivity contribution in [3.05, 3.63) is 54.4 Å². The molecule has 1 saturated heterocycles. The van der Waals surface area contributed by atoms with E-state index in [-0.39, 0.29) is 0 Å². The van der Waals surface area contributed by atoms with Crippen molar-refractivity contribution in [2.45, 2.75) is 18.8 Å². The molecule has 0 unspecified atom stereocenters. The van der Waals surface area contributed by atoms with Crippen LogP contribution in [0.3, 0.4) is 0 Å². The predicted molar refractivity (Wildman–Crippen MR) is 75.9 cm³/mol. The van der Waals surface area contributed by atoms with Crippen molar-refractivity contribution < 1.29 is 9.50 Å². The van der Waals surface area contributed by atoms with Crippen LogP contribution < -0.4 is 0 Å². The number of alkyl halides is 1. The van der Waals surface area contributed by atoms with Gasteiger partial charge in [-0.15, -0.1) is 0 Å². The minimum absolute atomic E-state index is 0.311. The molecule has 0 radical (unpaired) electrons. The van der Waals surface area contributed by atoms with Gasteiger partial charge in [0.1, 0.15) is 6.17 Å². The quantitative estimate of drug-likeness (QED) is 0.931. The molecular weight excluding hydrogens is 255 g/mol. The zero-order valence-electron chi connectivity index (χ0n) is 11.1. The number of aliphatic hydroxyl groups is 1. The molecule has 1 aromatic carbocycles. The highest BCUT2D eigenvalue weighted by atomic mass is 19.1. The van der Waals surface area contributed by atoms with Crippen LogP contribution in [0.2, 0.25) is 0 Å². The Morgan fingerprint density at radius 3 is 2.55 bits per heavy atom. The third-order valence-electron chi connectivity index (χ3n) is 3.65. The smallest absolute Gasteiger partial charge is 0.140 e. The lowest BCUT2D eigenvalue weighted by molar-refractivity contribution is 0.115. The molecule has 0 aliphatic carbocycles. The summed E-state index contributed by atoms with van der Waals surface area (Å²) in [7, 11) is 0. The fourth-order valence-corrected chi connectivity index (χ4v) is 2.55. The van der Waals surface area contributed by atoms with Gasteiger partial charge in [0.15, 0.2) is 0 Å². The number of halogens is 1. The first-order valence-electron chi connectivity index (χ1n) is 6.76. The van der Waals surface area contributed by atoms with E-state index in [1.54, 1.807) is 6.20 Å². The Bertz CT molecular complexity index is 548. The van der Waals surface area contributed by atoms with Crippen molar-refractivity contribution in [2.24, 2.45) is 0 Å². The van der Waals surface area contributed by atoms with Gasteiger partial charge in [0.05, 0.1) is 6.10 Å². The van der Waals surface area contributed by atoms with E-state index in [9.17, 15) is 9.50 Å². The number of nitrogens with zero attached hydrogens (tertiary/aromatic N) is 2. The topological polar surface area (TPSA) is 36.4 Å². The monoisotopic (exact) mass is 272 g/mol. The molecular formula is C16H17FN2O. The Hall–Kier alpha value is -1.78. The first-order chi connectivity index (χ1) is 9.72. The zero-order chi connectivity index (χ0) is 13.9. The molecule has 2 aromatic rings. The Morgan fingerprint density at radius 2 is 1.95 bits per heavy atom. The molecule has 3 rings (SSSR count). The van der Waals surface area contributed by atoms with E-state index >= 15 is 0 Å². The van der Waals surface area contributed by atoms with Crippen molar-refractivity contribution in [3.8, 4) is 11.1 Å². The van der Waals surface area contributed by atoms with Gasteiger partial charge >= 0.3 is 0 Å². The Morgan fingerprint density at radius 1 is 1.15 bits per heavy atom. The molecule has 0 spiro atoms. The first kappa shape index (κ1) is 13.2. The van der Waals surface area contributed by atoms with E-state index in [4.69, 9.17) is 0 Å². The van der Waals surface area contributed by atoms with Gasteiger partial charge in [-0.2, -0.15) is 0 Å². The summed E-state index contributed by atoms with van der Waals surface area (Å²) in [4.78, 5) is 6.04. The second-order valence-corrected chi connectivity index (χ2v) is 5.22. The Kier molecular flexibility index (Phi) is 3.76. The highest BCUT2D eigenvalue weighted by Crippen LogP contribution is 2.20. The lowest BCUT2D eigenvalue weighted by Crippen LogP contribution is -2.21. The number of rotatable bonds is 3. The van der Waals surface area contributed by atoms with Crippen molar-refractivity contribution >= 4 is 0 Å². The summed E-state index contributed by atoms with van der Waals surface area (Å²) in [6, 6.07) is 12.1. The van der Waals surface area contributed by atoms with E-state index in [1.165, 1.54) is 0 Å². The number of hydrogen-bond donors (Lipinski definition) is 1. The average Bonchev–Trinajstić information content (AvgIpc) is 2.79. The van der Waals surface area contributed by atoms with Gasteiger partial charge < -0.3 is 5.11 Å². The number of pyridine rings is 1. The normalized spacial score (nSPS) is 23.1. The summed E-state index contributed by atoms with van der Waals surface area (Å²) >= 11 is 0. The maximum atomic E-state index is 13.3. The number of aliphatic hydroxyl groups excluding tert-OH is 1. The second kappa shape index (κ2) is 5.69. The summed E-state index contributed by atoms with van der Waals surface area (Å²) in [6.45, 7) is 1.39. The zero-order valence-corrected chi connectivity index (χ0v) is 11.1. The molecule has 3 nitrogen and oxygen atoms in total. The third kappa shape index (κ3) is 2.86. The van der Waals surface area contributed by atoms with Gasteiger partial charge in [0.2, 0.25) is 0 Å². The molecule has 2 atom stereocenters. The van der Waals surface area contributed by atoms with E-state index in [1.807, 2.05) is 47.5 Å². The number of benzene rings is 1. The van der Waals surface area contributed by atoms with Crippen molar-refractivity contribution in [1.82, 2.24) is 9.88 Å². The molecule has 1 fully saturated rings. The summed E-state index contributed by atoms with van der Waals surface area (Å²) in [6.07, 6.45) is 1.62. The number of hydrogen-bond acceptors (Lipinski definition) is 3. The fourth-order valence-electron chi connectivity index (χ4n) is 2.55. The molecule has 20 heavy (non-hydrogen) atoms. The van der Waals surface area contributed by atoms with Crippen molar-refractivity contribution in [3.63, 3.8) is 0 Å². The van der Waals surface area contributed by atoms with Gasteiger partial charge in [-0.3, -0.25) is 9.88 Å². The molecule has 104 valence electrons. The lowest BCUT2D eigenvalue weighted by Gasteiger charge is -2.14. The van der Waals surface area contributed by atoms with Gasteiger partial charge in [0.25, 0.3) is 0 Å². The SMILES string of the molecule is O[C@@H]1CN(Cc2ccc(-c3cccnc3)cc2)C[C@H]1F. The Balaban J connectivity index is 1.68. The second-order valence-electron chi connectivity index (χ2n) is 5.22. The minimum atomic E-state index is -1.12. The van der Waals surface area contributed by atoms with Crippen molar-refractivity contribution in [1.29, 1.82) is 0 Å². The average molecular weight is 272 g/mol. The maximum Gasteiger partial charge on any atom is 0.140 e. The van der Waals surface area contributed by atoms with Crippen LogP contribution in [-0.4, -0.2) is 40.4 Å². The van der Waals surface area contributed by atoms with Crippen LogP contribution in [0.15, 0.2) is 48.8 Å². The molecule has 0 saturated carbocycles. The van der Waals surface area contributed by atoms with Gasteiger partial charge in [-0.25, -0.2) is 4.39 Å². The largest absolute Gasteiger partial charge is 0.389 e. The molecule has 1 aliphatic heterocycles. The van der Waals surface area contributed by atoms with Crippen LogP contribution in [0.1, 0.15) is 5.56 Å². The van der Waals surface area contributed by atoms with E-state index in [0.29, 0.717) is 19.6 Å². The number of β-amino-alcohol motifs (C(OH)–C–C–N with tert-alkyl or cyclic N) is 1. The standard InChI is InChI=1S/C16H17FN2O/c17-15-10-19(11-16(15)20)9-12-3-5-13(6-4-12)14-2-1-7-18-8-14/h1-8,15-16,20H,9-11H2/t15-,16-/m1/s1. The highest BCUT2D eigenvalue weighted by Gasteiger charge is 2.30.